The first-order chi connectivity index (χ1) is 21.4. The first-order valence-corrected chi connectivity index (χ1v) is 14.9. The highest BCUT2D eigenvalue weighted by molar-refractivity contribution is 6.42. The van der Waals surface area contributed by atoms with Crippen molar-refractivity contribution in [3.05, 3.63) is 46.5 Å². The molecule has 242 valence electrons. The van der Waals surface area contributed by atoms with E-state index in [4.69, 9.17) is 63.2 Å². The number of carbonyl (C=O) groups is 1. The Hall–Kier alpha value is -2.62. The number of anilines is 3. The van der Waals surface area contributed by atoms with E-state index in [-0.39, 0.29) is 47.3 Å². The second kappa shape index (κ2) is 20.4. The van der Waals surface area contributed by atoms with Crippen molar-refractivity contribution in [3.63, 3.8) is 0 Å². The third-order valence-electron chi connectivity index (χ3n) is 5.59. The minimum absolute atomic E-state index is 0.0548. The Morgan fingerprint density at radius 2 is 1.32 bits per heavy atom. The van der Waals surface area contributed by atoms with Gasteiger partial charge in [0.25, 0.3) is 0 Å². The third kappa shape index (κ3) is 12.4. The van der Waals surface area contributed by atoms with Gasteiger partial charge in [0, 0.05) is 11.5 Å². The summed E-state index contributed by atoms with van der Waals surface area (Å²) in [4.78, 5) is 20.6. The summed E-state index contributed by atoms with van der Waals surface area (Å²) in [6.07, 6.45) is 1.30. The molecule has 0 saturated carbocycles. The van der Waals surface area contributed by atoms with E-state index in [1.165, 1.54) is 12.4 Å². The molecule has 1 heterocycles. The maximum atomic E-state index is 14.5. The maximum absolute atomic E-state index is 14.5. The molecule has 0 aliphatic carbocycles. The van der Waals surface area contributed by atoms with Crippen LogP contribution in [-0.4, -0.2) is 101 Å². The summed E-state index contributed by atoms with van der Waals surface area (Å²) in [6.45, 7) is 3.09. The fourth-order valence-electron chi connectivity index (χ4n) is 3.58. The molecule has 0 unspecified atom stereocenters. The Morgan fingerprint density at radius 3 is 1.91 bits per heavy atom. The molecule has 3 rings (SSSR count). The summed E-state index contributed by atoms with van der Waals surface area (Å²) in [6, 6.07) is 5.65. The van der Waals surface area contributed by atoms with E-state index in [1.807, 2.05) is 0 Å². The van der Waals surface area contributed by atoms with Gasteiger partial charge in [0.05, 0.1) is 93.0 Å². The Balaban J connectivity index is 1.44. The lowest BCUT2D eigenvalue weighted by Gasteiger charge is -2.15. The number of hydrogen-bond donors (Lipinski definition) is 2. The van der Waals surface area contributed by atoms with E-state index in [9.17, 15) is 13.6 Å². The highest BCUT2D eigenvalue weighted by Gasteiger charge is 2.15. The van der Waals surface area contributed by atoms with Crippen LogP contribution in [-0.2, 0) is 28.5 Å². The molecular formula is C28H33Cl3F2N4O7. The van der Waals surface area contributed by atoms with Gasteiger partial charge in [-0.2, -0.15) is 0 Å². The maximum Gasteiger partial charge on any atom is 0.239 e. The fraction of sp³-hybridized carbons (Fsp3) is 0.464. The van der Waals surface area contributed by atoms with Crippen molar-refractivity contribution in [3.8, 4) is 5.75 Å². The van der Waals surface area contributed by atoms with Crippen LogP contribution >= 0.6 is 34.8 Å². The van der Waals surface area contributed by atoms with Crippen molar-refractivity contribution in [1.29, 1.82) is 0 Å². The molecule has 2 aromatic carbocycles. The summed E-state index contributed by atoms with van der Waals surface area (Å²) in [5, 5.41) is 6.29. The molecule has 11 nitrogen and oxygen atoms in total. The van der Waals surface area contributed by atoms with Gasteiger partial charge in [-0.15, -0.1) is 11.6 Å². The molecule has 1 amide bonds. The molecular weight excluding hydrogens is 649 g/mol. The molecule has 0 aliphatic heterocycles. The van der Waals surface area contributed by atoms with Crippen molar-refractivity contribution < 1.29 is 42.0 Å². The first kappa shape index (κ1) is 35.9. The number of hydrogen-bond acceptors (Lipinski definition) is 10. The predicted molar refractivity (Wildman–Crippen MR) is 164 cm³/mol. The smallest absolute Gasteiger partial charge is 0.239 e. The minimum atomic E-state index is -0.628. The molecule has 0 atom stereocenters. The molecule has 16 heteroatoms. The van der Waals surface area contributed by atoms with E-state index in [0.29, 0.717) is 75.2 Å². The quantitative estimate of drug-likeness (QED) is 0.0807. The number of alkyl halides is 2. The monoisotopic (exact) mass is 680 g/mol. The van der Waals surface area contributed by atoms with E-state index in [1.54, 1.807) is 12.1 Å². The van der Waals surface area contributed by atoms with Crippen LogP contribution in [0, 0.1) is 5.82 Å². The van der Waals surface area contributed by atoms with Crippen LogP contribution in [0.2, 0.25) is 10.0 Å². The van der Waals surface area contributed by atoms with E-state index >= 15 is 0 Å². The molecule has 3 aromatic rings. The first-order valence-electron chi connectivity index (χ1n) is 13.6. The van der Waals surface area contributed by atoms with E-state index in [2.05, 4.69) is 20.6 Å². The Labute approximate surface area is 268 Å². The molecule has 0 bridgehead atoms. The second-order valence-electron chi connectivity index (χ2n) is 8.74. The number of nitrogens with one attached hydrogen (secondary N) is 2. The Morgan fingerprint density at radius 1 is 0.750 bits per heavy atom. The number of halogens is 5. The number of amides is 1. The Kier molecular flexibility index (Phi) is 16.6. The number of fused-ring (bicyclic) bond motifs is 1. The van der Waals surface area contributed by atoms with Crippen LogP contribution in [0.15, 0.2) is 30.6 Å². The number of benzene rings is 2. The van der Waals surface area contributed by atoms with E-state index in [0.717, 1.165) is 6.07 Å². The zero-order valence-corrected chi connectivity index (χ0v) is 26.0. The normalized spacial score (nSPS) is 11.2. The third-order valence-corrected chi connectivity index (χ3v) is 6.55. The average molecular weight is 682 g/mol. The summed E-state index contributed by atoms with van der Waals surface area (Å²) < 4.78 is 58.9. The molecule has 0 saturated heterocycles. The van der Waals surface area contributed by atoms with Crippen LogP contribution in [0.4, 0.5) is 26.0 Å². The topological polar surface area (TPSA) is 122 Å². The van der Waals surface area contributed by atoms with Gasteiger partial charge in [-0.3, -0.25) is 4.79 Å². The molecule has 0 fully saturated rings. The van der Waals surface area contributed by atoms with Crippen molar-refractivity contribution >= 4 is 68.8 Å². The lowest BCUT2D eigenvalue weighted by Crippen LogP contribution is -2.16. The van der Waals surface area contributed by atoms with Gasteiger partial charge in [-0.25, -0.2) is 18.7 Å². The molecule has 0 radical (unpaired) electrons. The van der Waals surface area contributed by atoms with Gasteiger partial charge in [-0.1, -0.05) is 23.2 Å². The number of nitrogens with zero attached hydrogens (tertiary/aromatic N) is 2. The van der Waals surface area contributed by atoms with Crippen LogP contribution < -0.4 is 15.4 Å². The summed E-state index contributed by atoms with van der Waals surface area (Å²) in [7, 11) is 0. The van der Waals surface area contributed by atoms with E-state index < -0.39 is 18.4 Å². The van der Waals surface area contributed by atoms with Crippen LogP contribution in [0.1, 0.15) is 0 Å². The van der Waals surface area contributed by atoms with Gasteiger partial charge in [0.1, 0.15) is 42.9 Å². The zero-order chi connectivity index (χ0) is 31.6. The molecule has 1 aromatic heterocycles. The highest BCUT2D eigenvalue weighted by atomic mass is 35.5. The van der Waals surface area contributed by atoms with Crippen molar-refractivity contribution in [2.24, 2.45) is 0 Å². The number of carbonyl (C=O) groups excluding carboxylic acids is 1. The zero-order valence-electron chi connectivity index (χ0n) is 23.7. The lowest BCUT2D eigenvalue weighted by atomic mass is 10.1. The van der Waals surface area contributed by atoms with Crippen LogP contribution in [0.5, 0.6) is 5.75 Å². The van der Waals surface area contributed by atoms with Gasteiger partial charge >= 0.3 is 0 Å². The minimum Gasteiger partial charge on any atom is -0.489 e. The molecule has 44 heavy (non-hydrogen) atoms. The highest BCUT2D eigenvalue weighted by Crippen LogP contribution is 2.35. The van der Waals surface area contributed by atoms with Gasteiger partial charge in [-0.05, 0) is 18.2 Å². The van der Waals surface area contributed by atoms with Gasteiger partial charge < -0.3 is 39.1 Å². The standard InChI is InChI=1S/C28H33Cl3F2N4O7/c29-17-27(38)36-25-13-19-23(34-18-35-28(19)37-24-15-21(31)20(30)14-22(24)33)16-26(25)44-12-11-43-10-9-42-8-7-41-6-5-40-4-3-39-2-1-32/h13-16,18H,1-12,17H2,(H,36,38)(H,34,35,37). The lowest BCUT2D eigenvalue weighted by molar-refractivity contribution is -0.113. The molecule has 0 spiro atoms. The molecule has 0 aliphatic rings. The molecule has 2 N–H and O–H groups in total. The average Bonchev–Trinajstić information content (AvgIpc) is 3.01. The summed E-state index contributed by atoms with van der Waals surface area (Å²) >= 11 is 17.6. The van der Waals surface area contributed by atoms with Gasteiger partial charge in [0.15, 0.2) is 0 Å². The fourth-order valence-corrected chi connectivity index (χ4v) is 3.96. The Bertz CT molecular complexity index is 1330. The van der Waals surface area contributed by atoms with Crippen LogP contribution in [0.3, 0.4) is 0 Å². The van der Waals surface area contributed by atoms with Gasteiger partial charge in [0.2, 0.25) is 5.91 Å². The van der Waals surface area contributed by atoms with Crippen molar-refractivity contribution in [2.45, 2.75) is 0 Å². The summed E-state index contributed by atoms with van der Waals surface area (Å²) in [5.74, 6) is -0.768. The van der Waals surface area contributed by atoms with Crippen molar-refractivity contribution in [1.82, 2.24) is 9.97 Å². The predicted octanol–water partition coefficient (Wildman–Crippen LogP) is 5.43. The summed E-state index contributed by atoms with van der Waals surface area (Å²) in [5.41, 5.74) is 0.834. The second-order valence-corrected chi connectivity index (χ2v) is 9.82. The number of rotatable bonds is 22. The van der Waals surface area contributed by atoms with Crippen LogP contribution in [0.25, 0.3) is 10.9 Å². The largest absolute Gasteiger partial charge is 0.489 e. The number of aromatic nitrogens is 2. The van der Waals surface area contributed by atoms with Crippen molar-refractivity contribution in [2.75, 3.05) is 95.9 Å². The SMILES string of the molecule is O=C(CCl)Nc1cc2c(Nc3cc(Cl)c(Cl)cc3F)ncnc2cc1OCCOCCOCCOCCOCCOCCF. The number of ether oxygens (including phenoxy) is 6.